The molecular formula is C23H21N3O6. The molecule has 1 heterocycles. The molecule has 0 fully saturated rings. The van der Waals surface area contributed by atoms with E-state index < -0.39 is 43.1 Å². The number of carbonyl (C=O) groups excluding carboxylic acids is 3. The van der Waals surface area contributed by atoms with E-state index in [1.54, 1.807) is 54.6 Å². The molecule has 0 atom stereocenters. The van der Waals surface area contributed by atoms with Gasteiger partial charge in [0.15, 0.2) is 0 Å². The third-order valence-electron chi connectivity index (χ3n) is 5.46. The number of imide groups is 1. The molecule has 3 aromatic rings. The highest BCUT2D eigenvalue weighted by molar-refractivity contribution is 6.27. The predicted octanol–water partition coefficient (Wildman–Crippen LogP) is 0.908. The van der Waals surface area contributed by atoms with Crippen molar-refractivity contribution in [3.05, 3.63) is 77.4 Å². The van der Waals surface area contributed by atoms with Gasteiger partial charge in [-0.15, -0.1) is 0 Å². The maximum absolute atomic E-state index is 13.1. The van der Waals surface area contributed by atoms with Gasteiger partial charge in [0.25, 0.3) is 17.7 Å². The van der Waals surface area contributed by atoms with Crippen molar-refractivity contribution >= 4 is 34.2 Å². The molecule has 0 radical (unpaired) electrons. The van der Waals surface area contributed by atoms with Crippen molar-refractivity contribution in [2.75, 3.05) is 25.1 Å². The molecule has 0 spiro atoms. The fraction of sp³-hybridized carbons (Fsp3) is 0.174. The van der Waals surface area contributed by atoms with Crippen LogP contribution in [-0.4, -0.2) is 63.4 Å². The Morgan fingerprint density at radius 1 is 0.812 bits per heavy atom. The lowest BCUT2D eigenvalue weighted by molar-refractivity contribution is 0.0479. The third kappa shape index (κ3) is 3.48. The molecule has 0 aliphatic carbocycles. The van der Waals surface area contributed by atoms with Crippen molar-refractivity contribution in [1.82, 2.24) is 10.4 Å². The topological polar surface area (TPSA) is 139 Å². The van der Waals surface area contributed by atoms with Gasteiger partial charge in [-0.1, -0.05) is 30.3 Å². The van der Waals surface area contributed by atoms with Gasteiger partial charge in [-0.05, 0) is 30.3 Å². The van der Waals surface area contributed by atoms with Gasteiger partial charge in [0.1, 0.15) is 5.54 Å². The van der Waals surface area contributed by atoms with Crippen LogP contribution in [-0.2, 0) is 0 Å². The molecule has 9 nitrogen and oxygen atoms in total. The summed E-state index contributed by atoms with van der Waals surface area (Å²) in [5, 5.41) is 33.4. The quantitative estimate of drug-likeness (QED) is 0.348. The lowest BCUT2D eigenvalue weighted by Gasteiger charge is -2.32. The first-order chi connectivity index (χ1) is 15.4. The third-order valence-corrected chi connectivity index (χ3v) is 5.46. The first-order valence-corrected chi connectivity index (χ1v) is 9.86. The number of aliphatic hydroxyl groups is 3. The van der Waals surface area contributed by atoms with Crippen LogP contribution < -0.4 is 10.7 Å². The standard InChI is InChI=1S/C23H21N3O6/c27-11-23(12-28,13-29)24-18-10-9-17-19-15(18)7-4-8-16(19)21(31)26(22(17)32)25-20(30)14-5-2-1-3-6-14/h1-10,24,27-29H,11-13H2,(H,25,30). The number of benzene rings is 3. The average molecular weight is 435 g/mol. The Balaban J connectivity index is 1.75. The fourth-order valence-electron chi connectivity index (χ4n) is 3.62. The van der Waals surface area contributed by atoms with E-state index in [0.717, 1.165) is 0 Å². The van der Waals surface area contributed by atoms with Crippen molar-refractivity contribution in [2.45, 2.75) is 5.54 Å². The van der Waals surface area contributed by atoms with E-state index >= 15 is 0 Å². The largest absolute Gasteiger partial charge is 0.394 e. The van der Waals surface area contributed by atoms with Crippen LogP contribution in [0, 0.1) is 0 Å². The molecule has 1 aliphatic heterocycles. The number of nitrogens with zero attached hydrogens (tertiary/aromatic N) is 1. The summed E-state index contributed by atoms with van der Waals surface area (Å²) in [6.07, 6.45) is 0. The van der Waals surface area contributed by atoms with Crippen LogP contribution in [0.3, 0.4) is 0 Å². The number of carbonyl (C=O) groups is 3. The Hall–Kier alpha value is -3.79. The molecule has 1 aliphatic rings. The van der Waals surface area contributed by atoms with E-state index in [0.29, 0.717) is 27.0 Å². The van der Waals surface area contributed by atoms with E-state index in [-0.39, 0.29) is 11.1 Å². The minimum atomic E-state index is -1.39. The van der Waals surface area contributed by atoms with E-state index in [1.165, 1.54) is 6.07 Å². The number of aliphatic hydroxyl groups excluding tert-OH is 3. The van der Waals surface area contributed by atoms with Gasteiger partial charge in [0, 0.05) is 22.0 Å². The summed E-state index contributed by atoms with van der Waals surface area (Å²) >= 11 is 0. The van der Waals surface area contributed by atoms with Crippen molar-refractivity contribution in [3.8, 4) is 0 Å². The van der Waals surface area contributed by atoms with Gasteiger partial charge in [-0.2, -0.15) is 5.01 Å². The predicted molar refractivity (Wildman–Crippen MR) is 116 cm³/mol. The summed E-state index contributed by atoms with van der Waals surface area (Å²) in [5.74, 6) is -1.97. The Kier molecular flexibility index (Phi) is 5.62. The molecule has 5 N–H and O–H groups in total. The van der Waals surface area contributed by atoms with Crippen molar-refractivity contribution < 1.29 is 29.7 Å². The van der Waals surface area contributed by atoms with Crippen molar-refractivity contribution in [1.29, 1.82) is 0 Å². The van der Waals surface area contributed by atoms with Crippen LogP contribution in [0.1, 0.15) is 31.1 Å². The normalized spacial score (nSPS) is 13.4. The summed E-state index contributed by atoms with van der Waals surface area (Å²) < 4.78 is 0. The Morgan fingerprint density at radius 3 is 2.06 bits per heavy atom. The second-order valence-electron chi connectivity index (χ2n) is 7.52. The van der Waals surface area contributed by atoms with Crippen LogP contribution in [0.5, 0.6) is 0 Å². The summed E-state index contributed by atoms with van der Waals surface area (Å²) in [4.78, 5) is 38.7. The highest BCUT2D eigenvalue weighted by Gasteiger charge is 2.36. The summed E-state index contributed by atoms with van der Waals surface area (Å²) in [7, 11) is 0. The molecule has 4 rings (SSSR count). The van der Waals surface area contributed by atoms with Gasteiger partial charge in [-0.3, -0.25) is 19.8 Å². The highest BCUT2D eigenvalue weighted by atomic mass is 16.3. The van der Waals surface area contributed by atoms with Crippen LogP contribution in [0.2, 0.25) is 0 Å². The van der Waals surface area contributed by atoms with E-state index in [9.17, 15) is 29.7 Å². The molecule has 32 heavy (non-hydrogen) atoms. The Morgan fingerprint density at radius 2 is 1.44 bits per heavy atom. The molecule has 0 unspecified atom stereocenters. The van der Waals surface area contributed by atoms with Crippen LogP contribution >= 0.6 is 0 Å². The number of hydrogen-bond donors (Lipinski definition) is 5. The Bertz CT molecular complexity index is 1180. The van der Waals surface area contributed by atoms with E-state index in [4.69, 9.17) is 0 Å². The number of hydrogen-bond acceptors (Lipinski definition) is 7. The number of nitrogens with one attached hydrogen (secondary N) is 2. The minimum Gasteiger partial charge on any atom is -0.394 e. The second-order valence-corrected chi connectivity index (χ2v) is 7.52. The first kappa shape index (κ1) is 21.4. The fourth-order valence-corrected chi connectivity index (χ4v) is 3.62. The lowest BCUT2D eigenvalue weighted by atomic mass is 9.92. The molecule has 0 saturated carbocycles. The van der Waals surface area contributed by atoms with Crippen molar-refractivity contribution in [2.24, 2.45) is 0 Å². The zero-order chi connectivity index (χ0) is 22.9. The van der Waals surface area contributed by atoms with Crippen LogP contribution in [0.4, 0.5) is 5.69 Å². The summed E-state index contributed by atoms with van der Waals surface area (Å²) in [5.41, 5.74) is 2.12. The first-order valence-electron chi connectivity index (χ1n) is 9.86. The summed E-state index contributed by atoms with van der Waals surface area (Å²) in [6, 6.07) is 16.1. The highest BCUT2D eigenvalue weighted by Crippen LogP contribution is 2.35. The molecule has 0 aromatic heterocycles. The number of rotatable bonds is 7. The molecule has 0 saturated heterocycles. The zero-order valence-corrected chi connectivity index (χ0v) is 16.9. The lowest BCUT2D eigenvalue weighted by Crippen LogP contribution is -2.51. The van der Waals surface area contributed by atoms with Crippen LogP contribution in [0.15, 0.2) is 60.7 Å². The minimum absolute atomic E-state index is 0.205. The van der Waals surface area contributed by atoms with Crippen molar-refractivity contribution in [3.63, 3.8) is 0 Å². The molecule has 9 heteroatoms. The molecule has 0 bridgehead atoms. The maximum Gasteiger partial charge on any atom is 0.280 e. The number of hydrazine groups is 1. The van der Waals surface area contributed by atoms with Gasteiger partial charge >= 0.3 is 0 Å². The number of amides is 3. The Labute approximate surface area is 182 Å². The smallest absolute Gasteiger partial charge is 0.280 e. The maximum atomic E-state index is 13.1. The average Bonchev–Trinajstić information content (AvgIpc) is 2.84. The summed E-state index contributed by atoms with van der Waals surface area (Å²) in [6.45, 7) is -1.62. The van der Waals surface area contributed by atoms with Gasteiger partial charge < -0.3 is 20.6 Å². The SMILES string of the molecule is O=C(NN1C(=O)c2cccc3c(NC(CO)(CO)CO)ccc(c23)C1=O)c1ccccc1. The number of anilines is 1. The molecule has 3 amide bonds. The molecular weight excluding hydrogens is 414 g/mol. The van der Waals surface area contributed by atoms with Gasteiger partial charge in [0.05, 0.1) is 30.9 Å². The second kappa shape index (κ2) is 8.39. The zero-order valence-electron chi connectivity index (χ0n) is 16.9. The molecule has 164 valence electrons. The van der Waals surface area contributed by atoms with Crippen LogP contribution in [0.25, 0.3) is 10.8 Å². The van der Waals surface area contributed by atoms with E-state index in [2.05, 4.69) is 10.7 Å². The molecule has 3 aromatic carbocycles. The van der Waals surface area contributed by atoms with E-state index in [1.807, 2.05) is 0 Å². The monoisotopic (exact) mass is 435 g/mol. The van der Waals surface area contributed by atoms with Gasteiger partial charge in [0.2, 0.25) is 0 Å². The van der Waals surface area contributed by atoms with Gasteiger partial charge in [-0.25, -0.2) is 0 Å².